The molecule has 0 atom stereocenters. The van der Waals surface area contributed by atoms with Gasteiger partial charge in [-0.25, -0.2) is 13.8 Å². The fourth-order valence-electron chi connectivity index (χ4n) is 2.62. The maximum Gasteiger partial charge on any atom is 0.266 e. The summed E-state index contributed by atoms with van der Waals surface area (Å²) in [6.45, 7) is 2.70. The van der Waals surface area contributed by atoms with Crippen molar-refractivity contribution < 1.29 is 18.3 Å². The van der Waals surface area contributed by atoms with Crippen LogP contribution in [0.25, 0.3) is 10.2 Å². The highest BCUT2D eigenvalue weighted by Crippen LogP contribution is 2.31. The van der Waals surface area contributed by atoms with Crippen molar-refractivity contribution in [3.8, 4) is 5.75 Å². The summed E-state index contributed by atoms with van der Waals surface area (Å²) in [6, 6.07) is 9.42. The first-order chi connectivity index (χ1) is 13.3. The Hall–Kier alpha value is -2.58. The first-order valence-corrected chi connectivity index (χ1v) is 9.55. The van der Waals surface area contributed by atoms with Gasteiger partial charge in [0.1, 0.15) is 17.1 Å². The van der Waals surface area contributed by atoms with E-state index in [0.29, 0.717) is 28.7 Å². The molecule has 0 aliphatic heterocycles. The molecular weight excluding hydrogens is 384 g/mol. The Kier molecular flexibility index (Phi) is 6.21. The van der Waals surface area contributed by atoms with Crippen molar-refractivity contribution in [2.45, 2.75) is 6.92 Å². The highest BCUT2D eigenvalue weighted by molar-refractivity contribution is 7.22. The molecule has 2 aromatic carbocycles. The highest BCUT2D eigenvalue weighted by Gasteiger charge is 2.22. The first-order valence-electron chi connectivity index (χ1n) is 8.73. The molecule has 0 bridgehead atoms. The van der Waals surface area contributed by atoms with E-state index in [9.17, 15) is 13.6 Å². The van der Waals surface area contributed by atoms with Crippen LogP contribution in [0.3, 0.4) is 0 Å². The molecule has 28 heavy (non-hydrogen) atoms. The van der Waals surface area contributed by atoms with Gasteiger partial charge in [0.05, 0.1) is 4.70 Å². The zero-order valence-corrected chi connectivity index (χ0v) is 16.7. The molecule has 0 radical (unpaired) electrons. The number of aryl methyl sites for hydroxylation is 1. The van der Waals surface area contributed by atoms with E-state index in [0.717, 1.165) is 23.0 Å². The van der Waals surface area contributed by atoms with Gasteiger partial charge < -0.3 is 9.64 Å². The standard InChI is InChI=1S/C20H21F2N3O2S/c1-13-5-4-6-15(9-13)27-12-18(26)25(8-7-24(2)3)20-23-19-16(22)10-14(21)11-17(19)28-20/h4-6,9-11H,7-8,12H2,1-3H3. The number of likely N-dealkylation sites (N-methyl/N-ethyl adjacent to an activating group) is 1. The number of carbonyl (C=O) groups excluding carboxylic acids is 1. The lowest BCUT2D eigenvalue weighted by molar-refractivity contribution is -0.120. The molecule has 3 rings (SSSR count). The molecule has 0 fully saturated rings. The molecule has 5 nitrogen and oxygen atoms in total. The average molecular weight is 405 g/mol. The van der Waals surface area contributed by atoms with Crippen LogP contribution in [-0.4, -0.2) is 49.6 Å². The number of thiazole rings is 1. The second-order valence-corrected chi connectivity index (χ2v) is 7.69. The lowest BCUT2D eigenvalue weighted by atomic mass is 10.2. The third-order valence-corrected chi connectivity index (χ3v) is 5.08. The lowest BCUT2D eigenvalue weighted by Gasteiger charge is -2.22. The molecule has 0 spiro atoms. The zero-order chi connectivity index (χ0) is 20.3. The molecule has 0 saturated carbocycles. The van der Waals surface area contributed by atoms with Crippen LogP contribution in [0.4, 0.5) is 13.9 Å². The highest BCUT2D eigenvalue weighted by atomic mass is 32.1. The number of nitrogens with zero attached hydrogens (tertiary/aromatic N) is 3. The van der Waals surface area contributed by atoms with Gasteiger partial charge in [0.15, 0.2) is 17.6 Å². The van der Waals surface area contributed by atoms with Crippen molar-refractivity contribution >= 4 is 32.6 Å². The van der Waals surface area contributed by atoms with Crippen molar-refractivity contribution in [2.75, 3.05) is 38.7 Å². The minimum atomic E-state index is -0.742. The van der Waals surface area contributed by atoms with Crippen LogP contribution < -0.4 is 9.64 Å². The summed E-state index contributed by atoms with van der Waals surface area (Å²) in [7, 11) is 3.78. The molecule has 148 valence electrons. The van der Waals surface area contributed by atoms with E-state index in [-0.39, 0.29) is 18.0 Å². The molecular formula is C20H21F2N3O2S. The van der Waals surface area contributed by atoms with Gasteiger partial charge in [-0.1, -0.05) is 23.5 Å². The van der Waals surface area contributed by atoms with Crippen LogP contribution in [0.2, 0.25) is 0 Å². The van der Waals surface area contributed by atoms with Gasteiger partial charge in [-0.2, -0.15) is 0 Å². The maximum atomic E-state index is 14.0. The van der Waals surface area contributed by atoms with E-state index in [4.69, 9.17) is 4.74 Å². The predicted molar refractivity (Wildman–Crippen MR) is 107 cm³/mol. The van der Waals surface area contributed by atoms with Gasteiger partial charge in [-0.05, 0) is 44.8 Å². The number of anilines is 1. The second-order valence-electron chi connectivity index (χ2n) is 6.68. The van der Waals surface area contributed by atoms with Gasteiger partial charge in [-0.15, -0.1) is 0 Å². The number of amides is 1. The number of ether oxygens (including phenoxy) is 1. The quantitative estimate of drug-likeness (QED) is 0.599. The molecule has 0 unspecified atom stereocenters. The number of rotatable bonds is 7. The summed E-state index contributed by atoms with van der Waals surface area (Å²) in [5.41, 5.74) is 1.08. The van der Waals surface area contributed by atoms with E-state index in [1.165, 1.54) is 11.0 Å². The molecule has 3 aromatic rings. The van der Waals surface area contributed by atoms with Gasteiger partial charge in [0.25, 0.3) is 5.91 Å². The maximum absolute atomic E-state index is 14.0. The molecule has 1 aromatic heterocycles. The summed E-state index contributed by atoms with van der Waals surface area (Å²) in [4.78, 5) is 20.4. The number of carbonyl (C=O) groups is 1. The third-order valence-electron chi connectivity index (χ3n) is 4.06. The largest absolute Gasteiger partial charge is 0.484 e. The van der Waals surface area contributed by atoms with Crippen LogP contribution in [0, 0.1) is 18.6 Å². The summed E-state index contributed by atoms with van der Waals surface area (Å²) in [5.74, 6) is -1.12. The van der Waals surface area contributed by atoms with Crippen molar-refractivity contribution in [2.24, 2.45) is 0 Å². The minimum Gasteiger partial charge on any atom is -0.484 e. The Labute approximate surface area is 166 Å². The Morgan fingerprint density at radius 3 is 2.68 bits per heavy atom. The Morgan fingerprint density at radius 1 is 1.18 bits per heavy atom. The fraction of sp³-hybridized carbons (Fsp3) is 0.300. The molecule has 0 saturated heterocycles. The smallest absolute Gasteiger partial charge is 0.266 e. The average Bonchev–Trinajstić information content (AvgIpc) is 3.04. The zero-order valence-electron chi connectivity index (χ0n) is 15.9. The predicted octanol–water partition coefficient (Wildman–Crippen LogP) is 3.86. The van der Waals surface area contributed by atoms with Gasteiger partial charge in [0.2, 0.25) is 0 Å². The summed E-state index contributed by atoms with van der Waals surface area (Å²) in [6.07, 6.45) is 0. The Bertz CT molecular complexity index is 991. The summed E-state index contributed by atoms with van der Waals surface area (Å²) >= 11 is 1.08. The SMILES string of the molecule is Cc1cccc(OCC(=O)N(CCN(C)C)c2nc3c(F)cc(F)cc3s2)c1. The van der Waals surface area contributed by atoms with Gasteiger partial charge in [-0.3, -0.25) is 9.69 Å². The van der Waals surface area contributed by atoms with Crippen molar-refractivity contribution in [3.63, 3.8) is 0 Å². The van der Waals surface area contributed by atoms with E-state index in [2.05, 4.69) is 4.98 Å². The fourth-order valence-corrected chi connectivity index (χ4v) is 3.66. The van der Waals surface area contributed by atoms with Crippen molar-refractivity contribution in [1.29, 1.82) is 0 Å². The molecule has 0 aliphatic rings. The molecule has 8 heteroatoms. The van der Waals surface area contributed by atoms with Gasteiger partial charge >= 0.3 is 0 Å². The number of aromatic nitrogens is 1. The first kappa shape index (κ1) is 20.2. The Balaban J connectivity index is 1.83. The van der Waals surface area contributed by atoms with Crippen molar-refractivity contribution in [1.82, 2.24) is 9.88 Å². The normalized spacial score (nSPS) is 11.2. The third kappa shape index (κ3) is 4.82. The van der Waals surface area contributed by atoms with Crippen LogP contribution in [-0.2, 0) is 4.79 Å². The summed E-state index contributed by atoms with van der Waals surface area (Å²) in [5, 5.41) is 0.319. The number of fused-ring (bicyclic) bond motifs is 1. The second kappa shape index (κ2) is 8.62. The van der Waals surface area contributed by atoms with Crippen LogP contribution in [0.15, 0.2) is 36.4 Å². The monoisotopic (exact) mass is 405 g/mol. The van der Waals surface area contributed by atoms with E-state index in [1.807, 2.05) is 44.1 Å². The summed E-state index contributed by atoms with van der Waals surface area (Å²) < 4.78 is 33.5. The topological polar surface area (TPSA) is 45.7 Å². The van der Waals surface area contributed by atoms with E-state index in [1.54, 1.807) is 6.07 Å². The molecule has 0 N–H and O–H groups in total. The number of hydrogen-bond donors (Lipinski definition) is 0. The minimum absolute atomic E-state index is 0.0589. The van der Waals surface area contributed by atoms with Crippen LogP contribution >= 0.6 is 11.3 Å². The Morgan fingerprint density at radius 2 is 1.96 bits per heavy atom. The number of hydrogen-bond acceptors (Lipinski definition) is 5. The van der Waals surface area contributed by atoms with Crippen LogP contribution in [0.1, 0.15) is 5.56 Å². The van der Waals surface area contributed by atoms with E-state index >= 15 is 0 Å². The molecule has 1 heterocycles. The number of benzene rings is 2. The van der Waals surface area contributed by atoms with Gasteiger partial charge in [0, 0.05) is 19.2 Å². The number of halogens is 2. The lowest BCUT2D eigenvalue weighted by Crippen LogP contribution is -2.39. The molecule has 1 amide bonds. The molecule has 0 aliphatic carbocycles. The van der Waals surface area contributed by atoms with E-state index < -0.39 is 11.6 Å². The van der Waals surface area contributed by atoms with Crippen molar-refractivity contribution in [3.05, 3.63) is 53.6 Å². The van der Waals surface area contributed by atoms with Crippen LogP contribution in [0.5, 0.6) is 5.75 Å².